The van der Waals surface area contributed by atoms with Crippen molar-refractivity contribution in [3.63, 3.8) is 0 Å². The van der Waals surface area contributed by atoms with Gasteiger partial charge in [0.05, 0.1) is 6.20 Å². The standard InChI is InChI=1S/C8H5N3/c1-2-7-8-3-4-10-11(8)6-5-9-7/h1,3-6H. The molecule has 52 valence electrons. The van der Waals surface area contributed by atoms with Crippen molar-refractivity contribution in [3.05, 3.63) is 30.4 Å². The van der Waals surface area contributed by atoms with Crippen LogP contribution in [0.4, 0.5) is 0 Å². The maximum Gasteiger partial charge on any atom is 0.138 e. The fourth-order valence-corrected chi connectivity index (χ4v) is 0.969. The Morgan fingerprint density at radius 3 is 3.18 bits per heavy atom. The molecular weight excluding hydrogens is 138 g/mol. The van der Waals surface area contributed by atoms with Gasteiger partial charge < -0.3 is 0 Å². The largest absolute Gasteiger partial charge is 0.244 e. The van der Waals surface area contributed by atoms with Gasteiger partial charge in [0.2, 0.25) is 0 Å². The van der Waals surface area contributed by atoms with Crippen LogP contribution >= 0.6 is 0 Å². The van der Waals surface area contributed by atoms with Crippen LogP contribution in [0.25, 0.3) is 5.52 Å². The maximum absolute atomic E-state index is 5.22. The molecule has 0 atom stereocenters. The number of terminal acetylenes is 1. The van der Waals surface area contributed by atoms with Gasteiger partial charge in [-0.15, -0.1) is 6.42 Å². The summed E-state index contributed by atoms with van der Waals surface area (Å²) in [4.78, 5) is 4.00. The molecule has 0 aromatic carbocycles. The van der Waals surface area contributed by atoms with E-state index < -0.39 is 0 Å². The van der Waals surface area contributed by atoms with Gasteiger partial charge in [0.15, 0.2) is 0 Å². The lowest BCUT2D eigenvalue weighted by molar-refractivity contribution is 0.942. The van der Waals surface area contributed by atoms with Crippen LogP contribution in [0.3, 0.4) is 0 Å². The zero-order valence-corrected chi connectivity index (χ0v) is 5.73. The minimum Gasteiger partial charge on any atom is -0.244 e. The van der Waals surface area contributed by atoms with Crippen LogP contribution < -0.4 is 0 Å². The van der Waals surface area contributed by atoms with Gasteiger partial charge in [-0.1, -0.05) is 0 Å². The van der Waals surface area contributed by atoms with Crippen molar-refractivity contribution in [3.8, 4) is 12.3 Å². The minimum atomic E-state index is 0.630. The van der Waals surface area contributed by atoms with Gasteiger partial charge in [0.1, 0.15) is 11.2 Å². The summed E-state index contributed by atoms with van der Waals surface area (Å²) in [6.07, 6.45) is 10.3. The molecule has 0 bridgehead atoms. The van der Waals surface area contributed by atoms with E-state index in [1.165, 1.54) is 0 Å². The predicted octanol–water partition coefficient (Wildman–Crippen LogP) is 0.711. The Balaban J connectivity index is 2.92. The molecule has 2 aromatic heterocycles. The summed E-state index contributed by atoms with van der Waals surface area (Å²) >= 11 is 0. The van der Waals surface area contributed by atoms with E-state index in [1.807, 2.05) is 6.07 Å². The molecular formula is C8H5N3. The molecule has 2 aromatic rings. The molecule has 0 radical (unpaired) electrons. The first kappa shape index (κ1) is 5.93. The van der Waals surface area contributed by atoms with Crippen LogP contribution in [0.1, 0.15) is 5.69 Å². The van der Waals surface area contributed by atoms with Crippen LogP contribution in [0, 0.1) is 12.3 Å². The van der Waals surface area contributed by atoms with E-state index in [1.54, 1.807) is 23.1 Å². The molecule has 0 aliphatic rings. The Morgan fingerprint density at radius 2 is 2.36 bits per heavy atom. The number of hydrogen-bond acceptors (Lipinski definition) is 2. The van der Waals surface area contributed by atoms with Crippen LogP contribution in [0.5, 0.6) is 0 Å². The predicted molar refractivity (Wildman–Crippen MR) is 40.9 cm³/mol. The van der Waals surface area contributed by atoms with E-state index in [2.05, 4.69) is 16.0 Å². The lowest BCUT2D eigenvalue weighted by atomic mass is 10.4. The van der Waals surface area contributed by atoms with Crippen molar-refractivity contribution in [2.75, 3.05) is 0 Å². The monoisotopic (exact) mass is 143 g/mol. The van der Waals surface area contributed by atoms with Crippen molar-refractivity contribution in [1.29, 1.82) is 0 Å². The normalized spacial score (nSPS) is 9.73. The van der Waals surface area contributed by atoms with Crippen molar-refractivity contribution in [1.82, 2.24) is 14.6 Å². The Bertz CT molecular complexity index is 422. The first-order valence-corrected chi connectivity index (χ1v) is 3.17. The molecule has 0 N–H and O–H groups in total. The molecule has 0 fully saturated rings. The highest BCUT2D eigenvalue weighted by Gasteiger charge is 1.97. The lowest BCUT2D eigenvalue weighted by Gasteiger charge is -1.92. The molecule has 11 heavy (non-hydrogen) atoms. The van der Waals surface area contributed by atoms with Crippen molar-refractivity contribution in [2.24, 2.45) is 0 Å². The second kappa shape index (κ2) is 2.10. The van der Waals surface area contributed by atoms with Gasteiger partial charge in [-0.2, -0.15) is 5.10 Å². The molecule has 0 saturated heterocycles. The van der Waals surface area contributed by atoms with Gasteiger partial charge in [-0.25, -0.2) is 9.50 Å². The molecule has 2 heterocycles. The summed E-state index contributed by atoms with van der Waals surface area (Å²) in [7, 11) is 0. The number of nitrogens with zero attached hydrogens (tertiary/aromatic N) is 3. The third-order valence-electron chi connectivity index (χ3n) is 1.46. The van der Waals surface area contributed by atoms with Crippen LogP contribution in [0.2, 0.25) is 0 Å². The van der Waals surface area contributed by atoms with Gasteiger partial charge >= 0.3 is 0 Å². The first-order chi connectivity index (χ1) is 5.42. The zero-order chi connectivity index (χ0) is 7.68. The highest BCUT2D eigenvalue weighted by molar-refractivity contribution is 5.56. The molecule has 0 amide bonds. The van der Waals surface area contributed by atoms with Crippen molar-refractivity contribution in [2.45, 2.75) is 0 Å². The van der Waals surface area contributed by atoms with Crippen molar-refractivity contribution < 1.29 is 0 Å². The Kier molecular flexibility index (Phi) is 1.13. The Hall–Kier alpha value is -1.82. The zero-order valence-electron chi connectivity index (χ0n) is 5.73. The molecule has 2 rings (SSSR count). The van der Waals surface area contributed by atoms with Gasteiger partial charge in [0.25, 0.3) is 0 Å². The number of rotatable bonds is 0. The highest BCUT2D eigenvalue weighted by Crippen LogP contribution is 2.03. The minimum absolute atomic E-state index is 0.630. The number of aromatic nitrogens is 3. The van der Waals surface area contributed by atoms with E-state index in [0.717, 1.165) is 5.52 Å². The lowest BCUT2D eigenvalue weighted by Crippen LogP contribution is -1.90. The van der Waals surface area contributed by atoms with Gasteiger partial charge in [0, 0.05) is 12.4 Å². The molecule has 0 spiro atoms. The molecule has 3 heteroatoms. The highest BCUT2D eigenvalue weighted by atomic mass is 15.2. The van der Waals surface area contributed by atoms with Crippen LogP contribution in [0.15, 0.2) is 24.7 Å². The van der Waals surface area contributed by atoms with E-state index in [4.69, 9.17) is 6.42 Å². The maximum atomic E-state index is 5.22. The number of hydrogen-bond donors (Lipinski definition) is 0. The van der Waals surface area contributed by atoms with Gasteiger partial charge in [-0.3, -0.25) is 0 Å². The van der Waals surface area contributed by atoms with E-state index in [-0.39, 0.29) is 0 Å². The fraction of sp³-hybridized carbons (Fsp3) is 0. The molecule has 0 unspecified atom stereocenters. The average Bonchev–Trinajstić information content (AvgIpc) is 2.50. The summed E-state index contributed by atoms with van der Waals surface area (Å²) in [5, 5.41) is 4.01. The molecule has 0 saturated carbocycles. The average molecular weight is 143 g/mol. The third-order valence-corrected chi connectivity index (χ3v) is 1.46. The van der Waals surface area contributed by atoms with Crippen LogP contribution in [-0.2, 0) is 0 Å². The van der Waals surface area contributed by atoms with Crippen molar-refractivity contribution >= 4 is 5.52 Å². The Morgan fingerprint density at radius 1 is 1.45 bits per heavy atom. The molecule has 0 aliphatic heterocycles. The topological polar surface area (TPSA) is 30.2 Å². The fourth-order valence-electron chi connectivity index (χ4n) is 0.969. The second-order valence-electron chi connectivity index (χ2n) is 2.08. The summed E-state index contributed by atoms with van der Waals surface area (Å²) in [6.45, 7) is 0. The third kappa shape index (κ3) is 0.767. The second-order valence-corrected chi connectivity index (χ2v) is 2.08. The summed E-state index contributed by atoms with van der Waals surface area (Å²) < 4.78 is 1.70. The van der Waals surface area contributed by atoms with Crippen LogP contribution in [-0.4, -0.2) is 14.6 Å². The summed E-state index contributed by atoms with van der Waals surface area (Å²) in [5.74, 6) is 2.48. The van der Waals surface area contributed by atoms with E-state index in [0.29, 0.717) is 5.69 Å². The van der Waals surface area contributed by atoms with Gasteiger partial charge in [-0.05, 0) is 12.0 Å². The number of fused-ring (bicyclic) bond motifs is 1. The summed E-state index contributed by atoms with van der Waals surface area (Å²) in [5.41, 5.74) is 1.50. The first-order valence-electron chi connectivity index (χ1n) is 3.17. The Labute approximate surface area is 63.7 Å². The SMILES string of the molecule is C#Cc1nccn2nccc12. The molecule has 3 nitrogen and oxygen atoms in total. The molecule has 0 aliphatic carbocycles. The van der Waals surface area contributed by atoms with E-state index >= 15 is 0 Å². The smallest absolute Gasteiger partial charge is 0.138 e. The van der Waals surface area contributed by atoms with E-state index in [9.17, 15) is 0 Å². The quantitative estimate of drug-likeness (QED) is 0.508. The summed E-state index contributed by atoms with van der Waals surface area (Å²) in [6, 6.07) is 1.84.